The first-order chi connectivity index (χ1) is 9.38. The van der Waals surface area contributed by atoms with Gasteiger partial charge in [-0.2, -0.15) is 0 Å². The molecule has 1 aromatic carbocycles. The van der Waals surface area contributed by atoms with E-state index in [2.05, 4.69) is 42.2 Å². The highest BCUT2D eigenvalue weighted by molar-refractivity contribution is 9.11. The third kappa shape index (κ3) is 3.52. The Labute approximate surface area is 142 Å². The van der Waals surface area contributed by atoms with Gasteiger partial charge in [-0.05, 0) is 62.5 Å². The predicted octanol–water partition coefficient (Wildman–Crippen LogP) is 5.47. The van der Waals surface area contributed by atoms with Gasteiger partial charge in [0.1, 0.15) is 5.15 Å². The second kappa shape index (κ2) is 6.43. The SMILES string of the molecule is Cc1cc(Br)c(NC(=O)c2cnc(Cl)c(Cl)c2)c(Br)c1. The number of aromatic nitrogens is 1. The number of nitrogens with zero attached hydrogens (tertiary/aromatic N) is 1. The first-order valence-electron chi connectivity index (χ1n) is 5.46. The van der Waals surface area contributed by atoms with Crippen LogP contribution in [0.3, 0.4) is 0 Å². The van der Waals surface area contributed by atoms with Crippen LogP contribution in [0.1, 0.15) is 15.9 Å². The fraction of sp³-hybridized carbons (Fsp3) is 0.0769. The minimum absolute atomic E-state index is 0.168. The van der Waals surface area contributed by atoms with Crippen molar-refractivity contribution < 1.29 is 4.79 Å². The van der Waals surface area contributed by atoms with Crippen LogP contribution in [0.15, 0.2) is 33.3 Å². The molecule has 2 rings (SSSR count). The number of halogens is 4. The summed E-state index contributed by atoms with van der Waals surface area (Å²) in [5, 5.41) is 3.20. The topological polar surface area (TPSA) is 42.0 Å². The minimum Gasteiger partial charge on any atom is -0.320 e. The van der Waals surface area contributed by atoms with Crippen molar-refractivity contribution in [2.75, 3.05) is 5.32 Å². The van der Waals surface area contributed by atoms with Gasteiger partial charge < -0.3 is 5.32 Å². The van der Waals surface area contributed by atoms with Gasteiger partial charge >= 0.3 is 0 Å². The molecule has 1 aromatic heterocycles. The summed E-state index contributed by atoms with van der Waals surface area (Å²) in [5.74, 6) is -0.318. The number of nitrogens with one attached hydrogen (secondary N) is 1. The van der Waals surface area contributed by atoms with Gasteiger partial charge in [0.15, 0.2) is 0 Å². The molecule has 1 amide bonds. The zero-order valence-corrected chi connectivity index (χ0v) is 14.9. The van der Waals surface area contributed by atoms with Gasteiger partial charge in [0.2, 0.25) is 0 Å². The lowest BCUT2D eigenvalue weighted by Gasteiger charge is -2.11. The van der Waals surface area contributed by atoms with E-state index >= 15 is 0 Å². The monoisotopic (exact) mass is 436 g/mol. The maximum Gasteiger partial charge on any atom is 0.257 e. The molecule has 0 aliphatic rings. The van der Waals surface area contributed by atoms with Gasteiger partial charge in [0.05, 0.1) is 16.3 Å². The number of anilines is 1. The van der Waals surface area contributed by atoms with Crippen LogP contribution in [-0.2, 0) is 0 Å². The Hall–Kier alpha value is -0.620. The van der Waals surface area contributed by atoms with E-state index in [4.69, 9.17) is 23.2 Å². The molecule has 0 spiro atoms. The number of rotatable bonds is 2. The van der Waals surface area contributed by atoms with Crippen LogP contribution in [0.25, 0.3) is 0 Å². The molecule has 0 atom stereocenters. The Morgan fingerprint density at radius 3 is 2.35 bits per heavy atom. The lowest BCUT2D eigenvalue weighted by atomic mass is 10.2. The second-order valence-electron chi connectivity index (χ2n) is 4.05. The summed E-state index contributed by atoms with van der Waals surface area (Å²) in [6.45, 7) is 1.96. The highest BCUT2D eigenvalue weighted by atomic mass is 79.9. The Morgan fingerprint density at radius 1 is 1.20 bits per heavy atom. The van der Waals surface area contributed by atoms with E-state index in [0.717, 1.165) is 14.5 Å². The van der Waals surface area contributed by atoms with Gasteiger partial charge in [-0.3, -0.25) is 4.79 Å². The van der Waals surface area contributed by atoms with Crippen LogP contribution in [0.4, 0.5) is 5.69 Å². The fourth-order valence-corrected chi connectivity index (χ4v) is 3.43. The Morgan fingerprint density at radius 2 is 1.80 bits per heavy atom. The number of benzene rings is 1. The molecule has 20 heavy (non-hydrogen) atoms. The summed E-state index contributed by atoms with van der Waals surface area (Å²) in [4.78, 5) is 16.0. The zero-order valence-electron chi connectivity index (χ0n) is 10.2. The summed E-state index contributed by atoms with van der Waals surface area (Å²) in [5.41, 5.74) is 2.04. The highest BCUT2D eigenvalue weighted by Crippen LogP contribution is 2.32. The number of pyridine rings is 1. The molecule has 0 aliphatic heterocycles. The summed E-state index contributed by atoms with van der Waals surface area (Å²) in [6, 6.07) is 5.29. The number of amides is 1. The van der Waals surface area contributed by atoms with Crippen molar-refractivity contribution >= 4 is 66.7 Å². The fourth-order valence-electron chi connectivity index (χ4n) is 1.55. The molecular formula is C13H8Br2Cl2N2O. The van der Waals surface area contributed by atoms with Crippen LogP contribution in [0.5, 0.6) is 0 Å². The molecule has 0 aliphatic carbocycles. The summed E-state index contributed by atoms with van der Waals surface area (Å²) in [7, 11) is 0. The summed E-state index contributed by atoms with van der Waals surface area (Å²) in [6.07, 6.45) is 1.37. The third-order valence-electron chi connectivity index (χ3n) is 2.48. The van der Waals surface area contributed by atoms with Crippen molar-refractivity contribution in [1.29, 1.82) is 0 Å². The Kier molecular flexibility index (Phi) is 5.07. The summed E-state index contributed by atoms with van der Waals surface area (Å²) >= 11 is 18.4. The van der Waals surface area contributed by atoms with Crippen LogP contribution < -0.4 is 5.32 Å². The quantitative estimate of drug-likeness (QED) is 0.631. The molecule has 1 heterocycles. The number of carbonyl (C=O) groups excluding carboxylic acids is 1. The van der Waals surface area contributed by atoms with E-state index < -0.39 is 0 Å². The van der Waals surface area contributed by atoms with E-state index in [9.17, 15) is 4.79 Å². The van der Waals surface area contributed by atoms with Crippen molar-refractivity contribution in [3.63, 3.8) is 0 Å². The van der Waals surface area contributed by atoms with Crippen LogP contribution in [-0.4, -0.2) is 10.9 Å². The van der Waals surface area contributed by atoms with Gasteiger partial charge in [0.25, 0.3) is 5.91 Å². The number of hydrogen-bond donors (Lipinski definition) is 1. The molecule has 104 valence electrons. The van der Waals surface area contributed by atoms with Crippen molar-refractivity contribution in [2.24, 2.45) is 0 Å². The average Bonchev–Trinajstić information content (AvgIpc) is 2.36. The van der Waals surface area contributed by atoms with E-state index in [1.807, 2.05) is 19.1 Å². The van der Waals surface area contributed by atoms with Crippen LogP contribution in [0, 0.1) is 6.92 Å². The molecule has 0 radical (unpaired) electrons. The second-order valence-corrected chi connectivity index (χ2v) is 6.53. The van der Waals surface area contributed by atoms with Crippen LogP contribution in [0.2, 0.25) is 10.2 Å². The van der Waals surface area contributed by atoms with Gasteiger partial charge in [0, 0.05) is 15.1 Å². The molecular weight excluding hydrogens is 431 g/mol. The zero-order chi connectivity index (χ0) is 14.9. The van der Waals surface area contributed by atoms with Gasteiger partial charge in [-0.1, -0.05) is 23.2 Å². The summed E-state index contributed by atoms with van der Waals surface area (Å²) < 4.78 is 1.57. The smallest absolute Gasteiger partial charge is 0.257 e. The van der Waals surface area contributed by atoms with E-state index in [0.29, 0.717) is 11.3 Å². The lowest BCUT2D eigenvalue weighted by Crippen LogP contribution is -2.13. The van der Waals surface area contributed by atoms with Crippen molar-refractivity contribution in [3.8, 4) is 0 Å². The number of hydrogen-bond acceptors (Lipinski definition) is 2. The first kappa shape index (κ1) is 15.8. The largest absolute Gasteiger partial charge is 0.320 e. The van der Waals surface area contributed by atoms with Crippen molar-refractivity contribution in [1.82, 2.24) is 4.98 Å². The standard InChI is InChI=1S/C13H8Br2Cl2N2O/c1-6-2-8(14)11(9(15)3-6)19-13(20)7-4-10(16)12(17)18-5-7/h2-5H,1H3,(H,19,20). The molecule has 0 unspecified atom stereocenters. The van der Waals surface area contributed by atoms with Crippen LogP contribution >= 0.6 is 55.1 Å². The van der Waals surface area contributed by atoms with Crippen molar-refractivity contribution in [3.05, 3.63) is 54.6 Å². The average molecular weight is 439 g/mol. The molecule has 0 bridgehead atoms. The van der Waals surface area contributed by atoms with E-state index in [1.165, 1.54) is 12.3 Å². The number of aryl methyl sites for hydroxylation is 1. The molecule has 1 N–H and O–H groups in total. The van der Waals surface area contributed by atoms with E-state index in [1.54, 1.807) is 0 Å². The first-order valence-corrected chi connectivity index (χ1v) is 7.80. The van der Waals surface area contributed by atoms with Crippen molar-refractivity contribution in [2.45, 2.75) is 6.92 Å². The predicted molar refractivity (Wildman–Crippen MR) is 88.8 cm³/mol. The van der Waals surface area contributed by atoms with Gasteiger partial charge in [-0.25, -0.2) is 4.98 Å². The number of carbonyl (C=O) groups is 1. The maximum atomic E-state index is 12.2. The molecule has 0 saturated heterocycles. The molecule has 2 aromatic rings. The van der Waals surface area contributed by atoms with Gasteiger partial charge in [-0.15, -0.1) is 0 Å². The third-order valence-corrected chi connectivity index (χ3v) is 4.42. The van der Waals surface area contributed by atoms with E-state index in [-0.39, 0.29) is 16.1 Å². The Balaban J connectivity index is 2.30. The maximum absolute atomic E-state index is 12.2. The molecule has 7 heteroatoms. The minimum atomic E-state index is -0.318. The molecule has 0 fully saturated rings. The normalized spacial score (nSPS) is 10.4. The lowest BCUT2D eigenvalue weighted by molar-refractivity contribution is 0.102. The Bertz CT molecular complexity index is 669. The molecule has 0 saturated carbocycles. The highest BCUT2D eigenvalue weighted by Gasteiger charge is 2.13. The molecule has 3 nitrogen and oxygen atoms in total.